The monoisotopic (exact) mass is 478 g/mol. The molecule has 0 radical (unpaired) electrons. The Morgan fingerprint density at radius 2 is 1.83 bits per heavy atom. The zero-order valence-electron chi connectivity index (χ0n) is 18.8. The maximum atomic E-state index is 13.4. The van der Waals surface area contributed by atoms with Crippen molar-refractivity contribution in [2.24, 2.45) is 5.92 Å². The number of nitrogens with zero attached hydrogens (tertiary/aromatic N) is 6. The Hall–Kier alpha value is -4.44. The molecule has 9 nitrogen and oxygen atoms in total. The normalized spacial score (nSPS) is 12.1. The van der Waals surface area contributed by atoms with Crippen molar-refractivity contribution >= 4 is 81.8 Å². The fraction of sp³-hybridized carbons (Fsp3) is 0.120. The minimum atomic E-state index is -0.195. The number of rotatable bonds is 1. The lowest BCUT2D eigenvalue weighted by molar-refractivity contribution is 0.0865. The highest BCUT2D eigenvalue weighted by molar-refractivity contribution is 7.24. The zero-order chi connectivity index (χ0) is 23.7. The standard InChI is InChI=1S/C25H18N8OS/c1-12(2)25(34)33-15-7-13(9-26-11-15)14-8-17-21(31-32-22(17)28-10-14)24-29-20-16(5-6-27-23(20)30-24)18-3-4-19(33)35-18/h3-12H,1-2H3,(H,27,29,30)(H,28,31,32). The second-order valence-corrected chi connectivity index (χ2v) is 9.79. The maximum absolute atomic E-state index is 13.4. The van der Waals surface area contributed by atoms with Gasteiger partial charge < -0.3 is 4.98 Å². The molecule has 8 bridgehead atoms. The van der Waals surface area contributed by atoms with Crippen LogP contribution in [0, 0.1) is 5.92 Å². The number of carbonyl (C=O) groups excluding carboxylic acids is 1. The van der Waals surface area contributed by atoms with Gasteiger partial charge in [0.15, 0.2) is 16.9 Å². The van der Waals surface area contributed by atoms with Crippen molar-refractivity contribution in [2.45, 2.75) is 13.8 Å². The average Bonchev–Trinajstić information content (AvgIpc) is 3.61. The van der Waals surface area contributed by atoms with E-state index in [-0.39, 0.29) is 11.8 Å². The van der Waals surface area contributed by atoms with E-state index < -0.39 is 0 Å². The van der Waals surface area contributed by atoms with Gasteiger partial charge in [0.05, 0.1) is 17.1 Å². The Balaban J connectivity index is 1.78. The first-order valence-corrected chi connectivity index (χ1v) is 12.0. The molecule has 7 heterocycles. The molecule has 2 N–H and O–H groups in total. The van der Waals surface area contributed by atoms with Crippen LogP contribution < -0.4 is 0 Å². The van der Waals surface area contributed by atoms with Crippen LogP contribution >= 0.6 is 11.3 Å². The van der Waals surface area contributed by atoms with Gasteiger partial charge in [-0.3, -0.25) is 19.4 Å². The second-order valence-electron chi connectivity index (χ2n) is 8.73. The van der Waals surface area contributed by atoms with Crippen molar-refractivity contribution in [3.05, 3.63) is 55.1 Å². The molecule has 7 aromatic heterocycles. The van der Waals surface area contributed by atoms with Crippen molar-refractivity contribution in [2.75, 3.05) is 0 Å². The molecule has 0 fully saturated rings. The van der Waals surface area contributed by atoms with E-state index in [0.717, 1.165) is 36.6 Å². The number of carbonyl (C=O) groups is 1. The number of aromatic amines is 2. The topological polar surface area (TPSA) is 118 Å². The van der Waals surface area contributed by atoms with Gasteiger partial charge in [0.2, 0.25) is 5.91 Å². The highest BCUT2D eigenvalue weighted by atomic mass is 32.1. The number of aromatic nitrogens is 8. The number of hydrogen-bond acceptors (Lipinski definition) is 7. The van der Waals surface area contributed by atoms with Crippen LogP contribution in [0.5, 0.6) is 0 Å². The smallest absolute Gasteiger partial charge is 0.234 e. The summed E-state index contributed by atoms with van der Waals surface area (Å²) >= 11 is 1.53. The molecule has 0 aromatic carbocycles. The summed E-state index contributed by atoms with van der Waals surface area (Å²) in [6.45, 7) is 3.80. The Labute approximate surface area is 201 Å². The molecule has 0 aliphatic rings. The minimum Gasteiger partial charge on any atom is -0.321 e. The number of imidazole rings is 1. The first-order valence-electron chi connectivity index (χ1n) is 11.2. The molecule has 7 aromatic rings. The van der Waals surface area contributed by atoms with Crippen LogP contribution in [-0.2, 0) is 0 Å². The Bertz CT molecular complexity index is 2030. The summed E-state index contributed by atoms with van der Waals surface area (Å²) in [5.41, 5.74) is 4.06. The van der Waals surface area contributed by atoms with Crippen molar-refractivity contribution < 1.29 is 4.79 Å². The third-order valence-electron chi connectivity index (χ3n) is 6.13. The highest BCUT2D eigenvalue weighted by Crippen LogP contribution is 2.30. The number of fused-ring (bicyclic) bond motifs is 9. The summed E-state index contributed by atoms with van der Waals surface area (Å²) in [5.74, 6) is -0.200. The molecule has 0 unspecified atom stereocenters. The largest absolute Gasteiger partial charge is 0.321 e. The quantitative estimate of drug-likeness (QED) is 0.321. The van der Waals surface area contributed by atoms with Gasteiger partial charge in [-0.25, -0.2) is 15.0 Å². The molecule has 35 heavy (non-hydrogen) atoms. The SMILES string of the molecule is CC(C)C(=O)n1c2cncc(c2)c2cnc3[nH]nc(c4nc5c(nccc5c5ccc1s5)[nH]4)c3c2. The van der Waals surface area contributed by atoms with E-state index in [9.17, 15) is 4.79 Å². The van der Waals surface area contributed by atoms with Crippen LogP contribution in [0.1, 0.15) is 18.6 Å². The van der Waals surface area contributed by atoms with Gasteiger partial charge in [-0.05, 0) is 30.3 Å². The second kappa shape index (κ2) is 7.28. The first kappa shape index (κ1) is 20.0. The number of nitrogens with one attached hydrogen (secondary N) is 2. The van der Waals surface area contributed by atoms with Crippen molar-refractivity contribution in [1.82, 2.24) is 39.7 Å². The average molecular weight is 479 g/mol. The lowest BCUT2D eigenvalue weighted by atomic mass is 10.2. The molecule has 0 aliphatic carbocycles. The summed E-state index contributed by atoms with van der Waals surface area (Å²) in [5, 5.41) is 11.0. The highest BCUT2D eigenvalue weighted by Gasteiger charge is 2.15. The van der Waals surface area contributed by atoms with Crippen LogP contribution in [0.3, 0.4) is 0 Å². The zero-order valence-corrected chi connectivity index (χ0v) is 19.6. The number of H-pyrrole nitrogens is 2. The number of thiophene rings is 1. The van der Waals surface area contributed by atoms with Crippen LogP contribution in [0.4, 0.5) is 0 Å². The van der Waals surface area contributed by atoms with Crippen LogP contribution in [0.25, 0.3) is 64.6 Å². The van der Waals surface area contributed by atoms with E-state index in [2.05, 4.69) is 30.1 Å². The fourth-order valence-corrected chi connectivity index (χ4v) is 5.44. The van der Waals surface area contributed by atoms with E-state index in [1.807, 2.05) is 44.2 Å². The molecular weight excluding hydrogens is 460 g/mol. The molecule has 170 valence electrons. The summed E-state index contributed by atoms with van der Waals surface area (Å²) in [4.78, 5) is 36.0. The molecule has 0 amide bonds. The van der Waals surface area contributed by atoms with Crippen LogP contribution in [0.2, 0.25) is 0 Å². The Morgan fingerprint density at radius 1 is 0.943 bits per heavy atom. The number of pyridine rings is 3. The third kappa shape index (κ3) is 3.00. The van der Waals surface area contributed by atoms with Crippen molar-refractivity contribution in [3.8, 4) is 0 Å². The fourth-order valence-electron chi connectivity index (χ4n) is 4.39. The predicted molar refractivity (Wildman–Crippen MR) is 138 cm³/mol. The van der Waals surface area contributed by atoms with Crippen LogP contribution in [0.15, 0.2) is 55.1 Å². The van der Waals surface area contributed by atoms with Gasteiger partial charge in [-0.15, -0.1) is 11.3 Å². The first-order chi connectivity index (χ1) is 17.1. The molecule has 0 aliphatic heterocycles. The Morgan fingerprint density at radius 3 is 2.71 bits per heavy atom. The van der Waals surface area contributed by atoms with E-state index >= 15 is 0 Å². The van der Waals surface area contributed by atoms with Gasteiger partial charge in [0.1, 0.15) is 15.9 Å². The third-order valence-corrected chi connectivity index (χ3v) is 7.24. The number of hydrogen-bond donors (Lipinski definition) is 2. The Kier molecular flexibility index (Phi) is 4.15. The molecule has 7 rings (SSSR count). The summed E-state index contributed by atoms with van der Waals surface area (Å²) < 4.78 is 2.74. The summed E-state index contributed by atoms with van der Waals surface area (Å²) in [6.07, 6.45) is 7.04. The van der Waals surface area contributed by atoms with Gasteiger partial charge in [0.25, 0.3) is 0 Å². The maximum Gasteiger partial charge on any atom is 0.234 e. The van der Waals surface area contributed by atoms with Gasteiger partial charge >= 0.3 is 0 Å². The van der Waals surface area contributed by atoms with Crippen molar-refractivity contribution in [3.63, 3.8) is 0 Å². The van der Waals surface area contributed by atoms with Crippen LogP contribution in [-0.4, -0.2) is 45.6 Å². The molecule has 10 heteroatoms. The van der Waals surface area contributed by atoms with Gasteiger partial charge in [-0.1, -0.05) is 13.8 Å². The van der Waals surface area contributed by atoms with Gasteiger partial charge in [0, 0.05) is 45.4 Å². The predicted octanol–water partition coefficient (Wildman–Crippen LogP) is 5.52. The molecular formula is C25H18N8OS. The van der Waals surface area contributed by atoms with Gasteiger partial charge in [-0.2, -0.15) is 5.10 Å². The minimum absolute atomic E-state index is 0.00528. The van der Waals surface area contributed by atoms with E-state index in [4.69, 9.17) is 4.98 Å². The lowest BCUT2D eigenvalue weighted by Gasteiger charge is -2.10. The molecule has 0 saturated carbocycles. The molecule has 0 spiro atoms. The van der Waals surface area contributed by atoms with E-state index in [1.54, 1.807) is 29.4 Å². The lowest BCUT2D eigenvalue weighted by Crippen LogP contribution is -2.17. The molecule has 0 saturated heterocycles. The summed E-state index contributed by atoms with van der Waals surface area (Å²) in [7, 11) is 0. The van der Waals surface area contributed by atoms with E-state index in [1.165, 1.54) is 11.3 Å². The summed E-state index contributed by atoms with van der Waals surface area (Å²) in [6, 6.07) is 9.92. The van der Waals surface area contributed by atoms with E-state index in [0.29, 0.717) is 28.0 Å². The molecule has 0 atom stereocenters. The van der Waals surface area contributed by atoms with Crippen molar-refractivity contribution in [1.29, 1.82) is 0 Å².